The maximum absolute atomic E-state index is 11.2. The minimum Gasteiger partial charge on any atom is -0.435 e. The quantitative estimate of drug-likeness (QED) is 0.629. The van der Waals surface area contributed by atoms with Crippen LogP contribution in [-0.4, -0.2) is 11.3 Å². The number of aromatic nitrogens is 1. The van der Waals surface area contributed by atoms with Crippen LogP contribution in [0.5, 0.6) is 0 Å². The molecule has 0 aliphatic heterocycles. The average Bonchev–Trinajstić information content (AvgIpc) is 2.93. The van der Waals surface area contributed by atoms with Crippen molar-refractivity contribution in [3.05, 3.63) is 64.3 Å². The van der Waals surface area contributed by atoms with Crippen LogP contribution >= 0.6 is 23.2 Å². The molecule has 0 atom stereocenters. The first-order valence-electron chi connectivity index (χ1n) is 6.15. The van der Waals surface area contributed by atoms with Crippen LogP contribution in [0.2, 0.25) is 10.0 Å². The minimum absolute atomic E-state index is 0.252. The number of nitrogens with zero attached hydrogens (tertiary/aromatic N) is 1. The van der Waals surface area contributed by atoms with Crippen LogP contribution in [0.25, 0.3) is 22.8 Å². The predicted molar refractivity (Wildman–Crippen MR) is 82.8 cm³/mol. The lowest BCUT2D eigenvalue weighted by Crippen LogP contribution is -1.84. The molecule has 0 saturated carbocycles. The Balaban J connectivity index is 2.08. The summed E-state index contributed by atoms with van der Waals surface area (Å²) in [6.45, 7) is 0. The fourth-order valence-corrected chi connectivity index (χ4v) is 2.19. The number of halogens is 2. The van der Waals surface area contributed by atoms with Crippen molar-refractivity contribution >= 4 is 29.5 Å². The van der Waals surface area contributed by atoms with E-state index >= 15 is 0 Å². The molecule has 1 aromatic heterocycles. The van der Waals surface area contributed by atoms with Gasteiger partial charge < -0.3 is 4.42 Å². The SMILES string of the molecule is O=Cc1nc(-c2ccc(Cl)cc2)oc1-c1ccc(Cl)cc1. The van der Waals surface area contributed by atoms with E-state index < -0.39 is 0 Å². The van der Waals surface area contributed by atoms with Gasteiger partial charge in [0.05, 0.1) is 0 Å². The molecule has 0 amide bonds. The number of carbonyl (C=O) groups excluding carboxylic acids is 1. The highest BCUT2D eigenvalue weighted by Crippen LogP contribution is 2.30. The number of hydrogen-bond donors (Lipinski definition) is 0. The molecule has 0 aliphatic rings. The molecule has 0 spiro atoms. The molecule has 0 saturated heterocycles. The lowest BCUT2D eigenvalue weighted by atomic mass is 10.1. The van der Waals surface area contributed by atoms with Gasteiger partial charge in [-0.15, -0.1) is 0 Å². The first-order chi connectivity index (χ1) is 10.2. The first-order valence-corrected chi connectivity index (χ1v) is 6.91. The van der Waals surface area contributed by atoms with Crippen molar-refractivity contribution in [2.24, 2.45) is 0 Å². The van der Waals surface area contributed by atoms with Gasteiger partial charge in [0.15, 0.2) is 17.7 Å². The summed E-state index contributed by atoms with van der Waals surface area (Å²) in [6.07, 6.45) is 0.673. The summed E-state index contributed by atoms with van der Waals surface area (Å²) >= 11 is 11.7. The predicted octanol–water partition coefficient (Wildman–Crippen LogP) is 5.13. The van der Waals surface area contributed by atoms with Crippen LogP contribution in [0.1, 0.15) is 10.5 Å². The Morgan fingerprint density at radius 1 is 0.857 bits per heavy atom. The molecule has 0 unspecified atom stereocenters. The van der Waals surface area contributed by atoms with Crippen molar-refractivity contribution in [3.63, 3.8) is 0 Å². The highest BCUT2D eigenvalue weighted by Gasteiger charge is 2.15. The zero-order valence-electron chi connectivity index (χ0n) is 10.7. The van der Waals surface area contributed by atoms with Gasteiger partial charge in [0, 0.05) is 21.2 Å². The van der Waals surface area contributed by atoms with Crippen molar-refractivity contribution < 1.29 is 9.21 Å². The Morgan fingerprint density at radius 2 is 1.38 bits per heavy atom. The smallest absolute Gasteiger partial charge is 0.227 e. The Labute approximate surface area is 131 Å². The molecular weight excluding hydrogens is 309 g/mol. The zero-order chi connectivity index (χ0) is 14.8. The highest BCUT2D eigenvalue weighted by atomic mass is 35.5. The minimum atomic E-state index is 0.252. The Bertz CT molecular complexity index is 777. The largest absolute Gasteiger partial charge is 0.435 e. The molecule has 5 heteroatoms. The van der Waals surface area contributed by atoms with E-state index in [9.17, 15) is 4.79 Å². The summed E-state index contributed by atoms with van der Waals surface area (Å²) in [5.41, 5.74) is 1.75. The molecule has 0 bridgehead atoms. The normalized spacial score (nSPS) is 10.6. The van der Waals surface area contributed by atoms with Crippen LogP contribution < -0.4 is 0 Å². The fourth-order valence-electron chi connectivity index (χ4n) is 1.94. The van der Waals surface area contributed by atoms with Gasteiger partial charge in [-0.1, -0.05) is 23.2 Å². The van der Waals surface area contributed by atoms with Gasteiger partial charge in [-0.3, -0.25) is 4.79 Å². The summed E-state index contributed by atoms with van der Waals surface area (Å²) in [5.74, 6) is 0.797. The molecule has 0 N–H and O–H groups in total. The number of carbonyl (C=O) groups is 1. The van der Waals surface area contributed by atoms with E-state index in [-0.39, 0.29) is 5.69 Å². The van der Waals surface area contributed by atoms with Crippen LogP contribution in [0, 0.1) is 0 Å². The van der Waals surface area contributed by atoms with Crippen LogP contribution in [0.15, 0.2) is 52.9 Å². The van der Waals surface area contributed by atoms with Crippen molar-refractivity contribution in [2.75, 3.05) is 0 Å². The van der Waals surface area contributed by atoms with E-state index in [0.717, 1.165) is 11.1 Å². The summed E-state index contributed by atoms with van der Waals surface area (Å²) < 4.78 is 5.73. The van der Waals surface area contributed by atoms with Crippen LogP contribution in [0.3, 0.4) is 0 Å². The van der Waals surface area contributed by atoms with Crippen molar-refractivity contribution in [1.82, 2.24) is 4.98 Å². The van der Waals surface area contributed by atoms with Crippen LogP contribution in [0.4, 0.5) is 0 Å². The number of rotatable bonds is 3. The Kier molecular flexibility index (Phi) is 3.78. The standard InChI is InChI=1S/C16H9Cl2NO2/c17-12-5-1-10(2-6-12)15-14(9-20)19-16(21-15)11-3-7-13(18)8-4-11/h1-9H. The topological polar surface area (TPSA) is 43.1 Å². The number of aldehydes is 1. The van der Waals surface area contributed by atoms with Gasteiger partial charge in [-0.05, 0) is 48.5 Å². The molecular formula is C16H9Cl2NO2. The maximum atomic E-state index is 11.2. The second-order valence-corrected chi connectivity index (χ2v) is 5.24. The van der Waals surface area contributed by atoms with Crippen molar-refractivity contribution in [2.45, 2.75) is 0 Å². The molecule has 2 aromatic carbocycles. The lowest BCUT2D eigenvalue weighted by molar-refractivity contribution is 0.112. The second-order valence-electron chi connectivity index (χ2n) is 4.37. The number of hydrogen-bond acceptors (Lipinski definition) is 3. The van der Waals surface area contributed by atoms with Crippen LogP contribution in [-0.2, 0) is 0 Å². The van der Waals surface area contributed by atoms with Crippen molar-refractivity contribution in [1.29, 1.82) is 0 Å². The van der Waals surface area contributed by atoms with E-state index in [4.69, 9.17) is 27.6 Å². The Hall–Kier alpha value is -2.10. The Morgan fingerprint density at radius 3 is 1.90 bits per heavy atom. The second kappa shape index (κ2) is 5.72. The summed E-state index contributed by atoms with van der Waals surface area (Å²) in [7, 11) is 0. The van der Waals surface area contributed by atoms with Gasteiger partial charge in [0.25, 0.3) is 0 Å². The summed E-state index contributed by atoms with van der Waals surface area (Å²) in [5, 5.41) is 1.24. The fraction of sp³-hybridized carbons (Fsp3) is 0. The van der Waals surface area contributed by atoms with E-state index in [1.165, 1.54) is 0 Å². The first kappa shape index (κ1) is 13.9. The van der Waals surface area contributed by atoms with E-state index in [0.29, 0.717) is 28.0 Å². The molecule has 0 fully saturated rings. The van der Waals surface area contributed by atoms with Gasteiger partial charge in [-0.2, -0.15) is 0 Å². The average molecular weight is 318 g/mol. The molecule has 0 aliphatic carbocycles. The molecule has 0 radical (unpaired) electrons. The maximum Gasteiger partial charge on any atom is 0.227 e. The number of oxazole rings is 1. The molecule has 104 valence electrons. The van der Waals surface area contributed by atoms with E-state index in [1.807, 2.05) is 0 Å². The van der Waals surface area contributed by atoms with E-state index in [1.54, 1.807) is 48.5 Å². The van der Waals surface area contributed by atoms with Gasteiger partial charge in [0.2, 0.25) is 5.89 Å². The third-order valence-corrected chi connectivity index (χ3v) is 3.47. The molecule has 21 heavy (non-hydrogen) atoms. The molecule has 1 heterocycles. The van der Waals surface area contributed by atoms with Gasteiger partial charge >= 0.3 is 0 Å². The van der Waals surface area contributed by atoms with Gasteiger partial charge in [0.1, 0.15) is 0 Å². The zero-order valence-corrected chi connectivity index (χ0v) is 12.2. The van der Waals surface area contributed by atoms with Crippen molar-refractivity contribution in [3.8, 4) is 22.8 Å². The molecule has 3 nitrogen and oxygen atoms in total. The third kappa shape index (κ3) is 2.84. The highest BCUT2D eigenvalue weighted by molar-refractivity contribution is 6.30. The van der Waals surface area contributed by atoms with Gasteiger partial charge in [-0.25, -0.2) is 4.98 Å². The monoisotopic (exact) mass is 317 g/mol. The lowest BCUT2D eigenvalue weighted by Gasteiger charge is -1.98. The van der Waals surface area contributed by atoms with E-state index in [2.05, 4.69) is 4.98 Å². The number of benzene rings is 2. The molecule has 3 rings (SSSR count). The summed E-state index contributed by atoms with van der Waals surface area (Å²) in [4.78, 5) is 15.4. The third-order valence-electron chi connectivity index (χ3n) is 2.96. The molecule has 3 aromatic rings. The summed E-state index contributed by atoms with van der Waals surface area (Å²) in [6, 6.07) is 14.1.